The largest absolute Gasteiger partial charge is 0.392 e. The fourth-order valence-electron chi connectivity index (χ4n) is 2.05. The first-order chi connectivity index (χ1) is 9.11. The predicted octanol–water partition coefficient (Wildman–Crippen LogP) is 2.66. The van der Waals surface area contributed by atoms with Crippen LogP contribution in [0.15, 0.2) is 36.5 Å². The number of aromatic nitrogens is 1. The molecular weight excluding hydrogens is 243 g/mol. The molecule has 1 N–H and O–H groups in total. The van der Waals surface area contributed by atoms with E-state index in [-0.39, 0.29) is 6.61 Å². The van der Waals surface area contributed by atoms with Gasteiger partial charge in [-0.2, -0.15) is 0 Å². The summed E-state index contributed by atoms with van der Waals surface area (Å²) in [7, 11) is 1.88. The number of aliphatic hydroxyl groups excluding tert-OH is 1. The van der Waals surface area contributed by atoms with Crippen molar-refractivity contribution in [1.82, 2.24) is 4.98 Å². The minimum atomic E-state index is -0.433. The molecule has 0 saturated heterocycles. The first kappa shape index (κ1) is 13.5. The van der Waals surface area contributed by atoms with Crippen LogP contribution in [0.1, 0.15) is 16.7 Å². The third-order valence-corrected chi connectivity index (χ3v) is 3.11. The number of pyridine rings is 1. The summed E-state index contributed by atoms with van der Waals surface area (Å²) in [6.07, 6.45) is 1.17. The molecule has 1 aromatic heterocycles. The molecule has 0 amide bonds. The molecule has 4 heteroatoms. The lowest BCUT2D eigenvalue weighted by Gasteiger charge is -2.21. The van der Waals surface area contributed by atoms with E-state index >= 15 is 0 Å². The Kier molecular flexibility index (Phi) is 4.12. The number of anilines is 1. The summed E-state index contributed by atoms with van der Waals surface area (Å²) in [6.45, 7) is 2.49. The first-order valence-electron chi connectivity index (χ1n) is 6.12. The number of aryl methyl sites for hydroxylation is 1. The molecule has 100 valence electrons. The van der Waals surface area contributed by atoms with E-state index in [0.29, 0.717) is 17.9 Å². The van der Waals surface area contributed by atoms with Crippen molar-refractivity contribution >= 4 is 5.82 Å². The van der Waals surface area contributed by atoms with E-state index in [9.17, 15) is 9.50 Å². The van der Waals surface area contributed by atoms with Crippen LogP contribution in [0.25, 0.3) is 0 Å². The van der Waals surface area contributed by atoms with Crippen LogP contribution in [0.5, 0.6) is 0 Å². The molecule has 0 unspecified atom stereocenters. The second-order valence-electron chi connectivity index (χ2n) is 4.58. The number of nitrogens with zero attached hydrogens (tertiary/aromatic N) is 2. The third kappa shape index (κ3) is 3.09. The van der Waals surface area contributed by atoms with Gasteiger partial charge >= 0.3 is 0 Å². The Balaban J connectivity index is 2.25. The number of halogens is 1. The maximum Gasteiger partial charge on any atom is 0.142 e. The lowest BCUT2D eigenvalue weighted by atomic mass is 10.1. The van der Waals surface area contributed by atoms with Gasteiger partial charge < -0.3 is 10.0 Å². The van der Waals surface area contributed by atoms with Crippen LogP contribution in [0.2, 0.25) is 0 Å². The Hall–Kier alpha value is -1.94. The van der Waals surface area contributed by atoms with Gasteiger partial charge in [-0.25, -0.2) is 9.37 Å². The zero-order valence-corrected chi connectivity index (χ0v) is 11.1. The molecule has 19 heavy (non-hydrogen) atoms. The SMILES string of the molecule is Cc1ccccc1CN(C)c1ncc(F)cc1CO. The van der Waals surface area contributed by atoms with Crippen LogP contribution in [0, 0.1) is 12.7 Å². The molecule has 0 bridgehead atoms. The summed E-state index contributed by atoms with van der Waals surface area (Å²) in [6, 6.07) is 9.40. The van der Waals surface area contributed by atoms with Gasteiger partial charge in [0.25, 0.3) is 0 Å². The Morgan fingerprint density at radius 1 is 1.26 bits per heavy atom. The molecule has 0 spiro atoms. The molecule has 0 saturated carbocycles. The normalized spacial score (nSPS) is 10.5. The Labute approximate surface area is 112 Å². The van der Waals surface area contributed by atoms with Crippen molar-refractivity contribution in [2.45, 2.75) is 20.1 Å². The molecule has 0 aliphatic rings. The molecule has 2 aromatic rings. The van der Waals surface area contributed by atoms with E-state index < -0.39 is 5.82 Å². The van der Waals surface area contributed by atoms with Crippen LogP contribution in [-0.2, 0) is 13.2 Å². The Morgan fingerprint density at radius 2 is 2.00 bits per heavy atom. The minimum Gasteiger partial charge on any atom is -0.392 e. The van der Waals surface area contributed by atoms with Crippen molar-refractivity contribution in [3.8, 4) is 0 Å². The second-order valence-corrected chi connectivity index (χ2v) is 4.58. The van der Waals surface area contributed by atoms with Gasteiger partial charge in [0, 0.05) is 19.2 Å². The van der Waals surface area contributed by atoms with Gasteiger partial charge in [0.1, 0.15) is 11.6 Å². The highest BCUT2D eigenvalue weighted by Crippen LogP contribution is 2.20. The second kappa shape index (κ2) is 5.80. The topological polar surface area (TPSA) is 36.4 Å². The Bertz CT molecular complexity index is 572. The fourth-order valence-corrected chi connectivity index (χ4v) is 2.05. The molecule has 1 heterocycles. The van der Waals surface area contributed by atoms with Gasteiger partial charge in [-0.1, -0.05) is 24.3 Å². The summed E-state index contributed by atoms with van der Waals surface area (Å²) in [5, 5.41) is 9.28. The fraction of sp³-hybridized carbons (Fsp3) is 0.267. The van der Waals surface area contributed by atoms with Gasteiger partial charge in [-0.05, 0) is 24.1 Å². The molecule has 0 fully saturated rings. The van der Waals surface area contributed by atoms with Crippen molar-refractivity contribution < 1.29 is 9.50 Å². The van der Waals surface area contributed by atoms with Crippen molar-refractivity contribution in [1.29, 1.82) is 0 Å². The number of rotatable bonds is 4. The smallest absolute Gasteiger partial charge is 0.142 e. The third-order valence-electron chi connectivity index (χ3n) is 3.11. The molecular formula is C15H17FN2O. The quantitative estimate of drug-likeness (QED) is 0.918. The van der Waals surface area contributed by atoms with E-state index in [1.165, 1.54) is 23.4 Å². The molecule has 0 atom stereocenters. The lowest BCUT2D eigenvalue weighted by Crippen LogP contribution is -2.20. The van der Waals surface area contributed by atoms with E-state index in [1.807, 2.05) is 43.1 Å². The number of benzene rings is 1. The summed E-state index contributed by atoms with van der Waals surface area (Å²) >= 11 is 0. The zero-order chi connectivity index (χ0) is 13.8. The molecule has 3 nitrogen and oxygen atoms in total. The average molecular weight is 260 g/mol. The highest BCUT2D eigenvalue weighted by molar-refractivity contribution is 5.47. The van der Waals surface area contributed by atoms with Crippen LogP contribution < -0.4 is 4.90 Å². The van der Waals surface area contributed by atoms with Crippen molar-refractivity contribution in [2.75, 3.05) is 11.9 Å². The first-order valence-corrected chi connectivity index (χ1v) is 6.12. The van der Waals surface area contributed by atoms with Crippen LogP contribution in [-0.4, -0.2) is 17.1 Å². The van der Waals surface area contributed by atoms with Crippen molar-refractivity contribution in [2.24, 2.45) is 0 Å². The van der Waals surface area contributed by atoms with Crippen molar-refractivity contribution in [3.63, 3.8) is 0 Å². The lowest BCUT2D eigenvalue weighted by molar-refractivity contribution is 0.281. The van der Waals surface area contributed by atoms with E-state index in [1.54, 1.807) is 0 Å². The number of hydrogen-bond donors (Lipinski definition) is 1. The highest BCUT2D eigenvalue weighted by atomic mass is 19.1. The summed E-state index contributed by atoms with van der Waals surface area (Å²) < 4.78 is 13.1. The van der Waals surface area contributed by atoms with Crippen LogP contribution in [0.3, 0.4) is 0 Å². The molecule has 2 rings (SSSR count). The summed E-state index contributed by atoms with van der Waals surface area (Å²) in [5.74, 6) is 0.171. The summed E-state index contributed by atoms with van der Waals surface area (Å²) in [4.78, 5) is 5.98. The maximum atomic E-state index is 13.1. The molecule has 0 aliphatic carbocycles. The van der Waals surface area contributed by atoms with Crippen LogP contribution in [0.4, 0.5) is 10.2 Å². The summed E-state index contributed by atoms with van der Waals surface area (Å²) in [5.41, 5.74) is 2.87. The predicted molar refractivity (Wildman–Crippen MR) is 73.4 cm³/mol. The van der Waals surface area contributed by atoms with E-state index in [2.05, 4.69) is 4.98 Å². The monoisotopic (exact) mass is 260 g/mol. The minimum absolute atomic E-state index is 0.224. The van der Waals surface area contributed by atoms with E-state index in [4.69, 9.17) is 0 Å². The van der Waals surface area contributed by atoms with Gasteiger partial charge in [0.05, 0.1) is 12.8 Å². The van der Waals surface area contributed by atoms with Gasteiger partial charge in [0.2, 0.25) is 0 Å². The number of hydrogen-bond acceptors (Lipinski definition) is 3. The standard InChI is InChI=1S/C15H17FN2O/c1-11-5-3-4-6-12(11)9-18(2)15-13(10-19)7-14(16)8-17-15/h3-8,19H,9-10H2,1-2H3. The molecule has 1 aromatic carbocycles. The van der Waals surface area contributed by atoms with Crippen molar-refractivity contribution in [3.05, 3.63) is 59.0 Å². The number of aliphatic hydroxyl groups is 1. The highest BCUT2D eigenvalue weighted by Gasteiger charge is 2.11. The Morgan fingerprint density at radius 3 is 2.68 bits per heavy atom. The van der Waals surface area contributed by atoms with Gasteiger partial charge in [-0.3, -0.25) is 0 Å². The molecule has 0 aliphatic heterocycles. The zero-order valence-electron chi connectivity index (χ0n) is 11.1. The maximum absolute atomic E-state index is 13.1. The average Bonchev–Trinajstić information content (AvgIpc) is 2.41. The van der Waals surface area contributed by atoms with Gasteiger partial charge in [0.15, 0.2) is 0 Å². The molecule has 0 radical (unpaired) electrons. The van der Waals surface area contributed by atoms with E-state index in [0.717, 1.165) is 0 Å². The van der Waals surface area contributed by atoms with Crippen LogP contribution >= 0.6 is 0 Å². The van der Waals surface area contributed by atoms with Gasteiger partial charge in [-0.15, -0.1) is 0 Å².